The lowest BCUT2D eigenvalue weighted by molar-refractivity contribution is 0.392. The van der Waals surface area contributed by atoms with Crippen molar-refractivity contribution in [3.05, 3.63) is 17.0 Å². The fraction of sp³-hybridized carbons (Fsp3) is 0.636. The standard InChI is InChI=1S/C11H19N3OS/c1-7(2)5-12-11(16)13-6-10-8(3)14-15-9(10)4/h7H,5-6H2,1-4H3,(H2,12,13,16). The Morgan fingerprint density at radius 1 is 1.38 bits per heavy atom. The molecule has 16 heavy (non-hydrogen) atoms. The van der Waals surface area contributed by atoms with Gasteiger partial charge in [-0.1, -0.05) is 19.0 Å². The van der Waals surface area contributed by atoms with Crippen LogP contribution in [0.5, 0.6) is 0 Å². The van der Waals surface area contributed by atoms with E-state index in [4.69, 9.17) is 16.7 Å². The topological polar surface area (TPSA) is 50.1 Å². The molecular weight excluding hydrogens is 222 g/mol. The first-order valence-electron chi connectivity index (χ1n) is 5.44. The molecule has 0 unspecified atom stereocenters. The second-order valence-corrected chi connectivity index (χ2v) is 4.67. The van der Waals surface area contributed by atoms with Crippen molar-refractivity contribution in [1.82, 2.24) is 15.8 Å². The number of hydrogen-bond acceptors (Lipinski definition) is 3. The number of rotatable bonds is 4. The molecule has 0 fully saturated rings. The highest BCUT2D eigenvalue weighted by Crippen LogP contribution is 2.11. The van der Waals surface area contributed by atoms with E-state index >= 15 is 0 Å². The number of hydrogen-bond donors (Lipinski definition) is 2. The third kappa shape index (κ3) is 3.81. The van der Waals surface area contributed by atoms with Gasteiger partial charge in [-0.05, 0) is 32.0 Å². The Morgan fingerprint density at radius 3 is 2.56 bits per heavy atom. The van der Waals surface area contributed by atoms with Gasteiger partial charge in [0.05, 0.1) is 5.69 Å². The molecule has 1 rings (SSSR count). The second kappa shape index (κ2) is 5.84. The van der Waals surface area contributed by atoms with Gasteiger partial charge in [0.2, 0.25) is 0 Å². The summed E-state index contributed by atoms with van der Waals surface area (Å²) >= 11 is 5.16. The fourth-order valence-corrected chi connectivity index (χ4v) is 1.44. The molecule has 1 aromatic heterocycles. The van der Waals surface area contributed by atoms with Crippen LogP contribution in [-0.2, 0) is 6.54 Å². The Hall–Kier alpha value is -1.10. The molecule has 0 aliphatic carbocycles. The van der Waals surface area contributed by atoms with E-state index in [1.54, 1.807) is 0 Å². The molecule has 2 N–H and O–H groups in total. The summed E-state index contributed by atoms with van der Waals surface area (Å²) in [6, 6.07) is 0. The molecule has 1 aromatic rings. The number of aromatic nitrogens is 1. The monoisotopic (exact) mass is 241 g/mol. The van der Waals surface area contributed by atoms with Gasteiger partial charge in [-0.25, -0.2) is 0 Å². The zero-order valence-electron chi connectivity index (χ0n) is 10.3. The Morgan fingerprint density at radius 2 is 2.06 bits per heavy atom. The normalized spacial score (nSPS) is 10.6. The number of nitrogens with one attached hydrogen (secondary N) is 2. The van der Waals surface area contributed by atoms with Crippen molar-refractivity contribution in [2.75, 3.05) is 6.54 Å². The van der Waals surface area contributed by atoms with Crippen molar-refractivity contribution in [3.8, 4) is 0 Å². The first kappa shape index (κ1) is 13.0. The molecule has 0 aromatic carbocycles. The van der Waals surface area contributed by atoms with Gasteiger partial charge in [-0.2, -0.15) is 0 Å². The van der Waals surface area contributed by atoms with Gasteiger partial charge in [0.25, 0.3) is 0 Å². The molecule has 1 heterocycles. The van der Waals surface area contributed by atoms with E-state index in [-0.39, 0.29) is 0 Å². The Labute approximate surface area is 102 Å². The molecule has 0 radical (unpaired) electrons. The summed E-state index contributed by atoms with van der Waals surface area (Å²) in [4.78, 5) is 0. The van der Waals surface area contributed by atoms with Crippen LogP contribution in [0.1, 0.15) is 30.9 Å². The van der Waals surface area contributed by atoms with Gasteiger partial charge in [-0.3, -0.25) is 0 Å². The molecule has 0 aliphatic rings. The van der Waals surface area contributed by atoms with Crippen molar-refractivity contribution < 1.29 is 4.52 Å². The SMILES string of the molecule is Cc1noc(C)c1CNC(=S)NCC(C)C. The largest absolute Gasteiger partial charge is 0.362 e. The Balaban J connectivity index is 2.37. The van der Waals surface area contributed by atoms with Crippen molar-refractivity contribution in [2.24, 2.45) is 5.92 Å². The van der Waals surface area contributed by atoms with Crippen LogP contribution in [0.25, 0.3) is 0 Å². The van der Waals surface area contributed by atoms with E-state index < -0.39 is 0 Å². The van der Waals surface area contributed by atoms with Gasteiger partial charge >= 0.3 is 0 Å². The van der Waals surface area contributed by atoms with Crippen molar-refractivity contribution in [1.29, 1.82) is 0 Å². The fourth-order valence-electron chi connectivity index (χ4n) is 1.28. The third-order valence-corrected chi connectivity index (χ3v) is 2.57. The molecule has 0 spiro atoms. The molecule has 0 amide bonds. The summed E-state index contributed by atoms with van der Waals surface area (Å²) in [6.45, 7) is 9.66. The van der Waals surface area contributed by atoms with Crippen LogP contribution in [0, 0.1) is 19.8 Å². The summed E-state index contributed by atoms with van der Waals surface area (Å²) in [5.74, 6) is 1.43. The zero-order chi connectivity index (χ0) is 12.1. The highest BCUT2D eigenvalue weighted by molar-refractivity contribution is 7.80. The summed E-state index contributed by atoms with van der Waals surface area (Å²) in [5, 5.41) is 10.9. The number of aryl methyl sites for hydroxylation is 2. The van der Waals surface area contributed by atoms with Gasteiger partial charge in [-0.15, -0.1) is 0 Å². The van der Waals surface area contributed by atoms with Crippen molar-refractivity contribution in [2.45, 2.75) is 34.2 Å². The van der Waals surface area contributed by atoms with E-state index in [9.17, 15) is 0 Å². The summed E-state index contributed by atoms with van der Waals surface area (Å²) in [6.07, 6.45) is 0. The Bertz CT molecular complexity index is 341. The summed E-state index contributed by atoms with van der Waals surface area (Å²) in [7, 11) is 0. The maximum atomic E-state index is 5.16. The van der Waals surface area contributed by atoms with Gasteiger partial charge in [0.1, 0.15) is 5.76 Å². The molecule has 0 saturated heterocycles. The predicted molar refractivity (Wildman–Crippen MR) is 68.3 cm³/mol. The lowest BCUT2D eigenvalue weighted by Gasteiger charge is -2.11. The van der Waals surface area contributed by atoms with E-state index in [0.717, 1.165) is 23.6 Å². The molecule has 0 atom stereocenters. The highest BCUT2D eigenvalue weighted by atomic mass is 32.1. The van der Waals surface area contributed by atoms with E-state index in [1.165, 1.54) is 0 Å². The predicted octanol–water partition coefficient (Wildman–Crippen LogP) is 1.91. The van der Waals surface area contributed by atoms with Crippen molar-refractivity contribution >= 4 is 17.3 Å². The minimum atomic E-state index is 0.582. The molecule has 0 aliphatic heterocycles. The van der Waals surface area contributed by atoms with Crippen LogP contribution in [0.15, 0.2) is 4.52 Å². The minimum Gasteiger partial charge on any atom is -0.362 e. The molecule has 0 bridgehead atoms. The average molecular weight is 241 g/mol. The van der Waals surface area contributed by atoms with Crippen LogP contribution in [0.4, 0.5) is 0 Å². The lowest BCUT2D eigenvalue weighted by atomic mass is 10.2. The van der Waals surface area contributed by atoms with Gasteiger partial charge in [0.15, 0.2) is 5.11 Å². The van der Waals surface area contributed by atoms with Crippen LogP contribution >= 0.6 is 12.2 Å². The number of nitrogens with zero attached hydrogens (tertiary/aromatic N) is 1. The maximum absolute atomic E-state index is 5.16. The first-order chi connectivity index (χ1) is 7.50. The molecule has 90 valence electrons. The van der Waals surface area contributed by atoms with E-state index in [2.05, 4.69) is 29.6 Å². The third-order valence-electron chi connectivity index (χ3n) is 2.28. The minimum absolute atomic E-state index is 0.582. The van der Waals surface area contributed by atoms with Crippen molar-refractivity contribution in [3.63, 3.8) is 0 Å². The molecule has 4 nitrogen and oxygen atoms in total. The van der Waals surface area contributed by atoms with Gasteiger partial charge in [0, 0.05) is 18.7 Å². The molecule has 5 heteroatoms. The van der Waals surface area contributed by atoms with Crippen LogP contribution < -0.4 is 10.6 Å². The molecule has 0 saturated carbocycles. The van der Waals surface area contributed by atoms with Crippen LogP contribution in [-0.4, -0.2) is 16.8 Å². The number of thiocarbonyl (C=S) groups is 1. The first-order valence-corrected chi connectivity index (χ1v) is 5.85. The van der Waals surface area contributed by atoms with Gasteiger partial charge < -0.3 is 15.2 Å². The van der Waals surface area contributed by atoms with E-state index in [0.29, 0.717) is 17.6 Å². The average Bonchev–Trinajstić information content (AvgIpc) is 2.53. The summed E-state index contributed by atoms with van der Waals surface area (Å²) in [5.41, 5.74) is 1.99. The molecular formula is C11H19N3OS. The Kier molecular flexibility index (Phi) is 4.73. The summed E-state index contributed by atoms with van der Waals surface area (Å²) < 4.78 is 5.07. The smallest absolute Gasteiger partial charge is 0.166 e. The van der Waals surface area contributed by atoms with Crippen LogP contribution in [0.3, 0.4) is 0 Å². The van der Waals surface area contributed by atoms with Crippen LogP contribution in [0.2, 0.25) is 0 Å². The second-order valence-electron chi connectivity index (χ2n) is 4.26. The lowest BCUT2D eigenvalue weighted by Crippen LogP contribution is -2.36. The highest BCUT2D eigenvalue weighted by Gasteiger charge is 2.08. The van der Waals surface area contributed by atoms with E-state index in [1.807, 2.05) is 13.8 Å². The quantitative estimate of drug-likeness (QED) is 0.789. The maximum Gasteiger partial charge on any atom is 0.166 e. The zero-order valence-corrected chi connectivity index (χ0v) is 11.1.